The Hall–Kier alpha value is -2.03. The van der Waals surface area contributed by atoms with Gasteiger partial charge in [0.05, 0.1) is 29.7 Å². The summed E-state index contributed by atoms with van der Waals surface area (Å²) >= 11 is 0. The SMILES string of the molecule is COC(=O)c1ccc(C(F)(F)F)cc1C1(C#N)CC1C. The lowest BCUT2D eigenvalue weighted by molar-refractivity contribution is -0.137. The van der Waals surface area contributed by atoms with E-state index in [0.717, 1.165) is 25.3 Å². The Kier molecular flexibility index (Phi) is 3.24. The van der Waals surface area contributed by atoms with Crippen LogP contribution in [0.2, 0.25) is 0 Å². The van der Waals surface area contributed by atoms with E-state index in [-0.39, 0.29) is 17.0 Å². The molecule has 1 aliphatic carbocycles. The molecule has 2 unspecified atom stereocenters. The molecule has 0 amide bonds. The Bertz CT molecular complexity index is 603. The quantitative estimate of drug-likeness (QED) is 0.782. The van der Waals surface area contributed by atoms with Crippen LogP contribution in [0.5, 0.6) is 0 Å². The van der Waals surface area contributed by atoms with E-state index in [1.165, 1.54) is 0 Å². The van der Waals surface area contributed by atoms with E-state index < -0.39 is 23.1 Å². The summed E-state index contributed by atoms with van der Waals surface area (Å²) in [6.45, 7) is 1.77. The minimum absolute atomic E-state index is 0.0198. The molecule has 0 radical (unpaired) electrons. The van der Waals surface area contributed by atoms with Gasteiger partial charge in [-0.1, -0.05) is 6.92 Å². The minimum atomic E-state index is -4.52. The number of carbonyl (C=O) groups is 1. The topological polar surface area (TPSA) is 50.1 Å². The van der Waals surface area contributed by atoms with E-state index in [1.54, 1.807) is 6.92 Å². The summed E-state index contributed by atoms with van der Waals surface area (Å²) in [7, 11) is 1.15. The van der Waals surface area contributed by atoms with Gasteiger partial charge in [0.25, 0.3) is 0 Å². The van der Waals surface area contributed by atoms with Crippen LogP contribution in [0.15, 0.2) is 18.2 Å². The number of benzene rings is 1. The number of methoxy groups -OCH3 is 1. The summed E-state index contributed by atoms with van der Waals surface area (Å²) in [5.74, 6) is -0.818. The first kappa shape index (κ1) is 14.4. The Labute approximate surface area is 114 Å². The highest BCUT2D eigenvalue weighted by Gasteiger charge is 2.55. The molecule has 3 nitrogen and oxygen atoms in total. The van der Waals surface area contributed by atoms with E-state index >= 15 is 0 Å². The molecular formula is C14H12F3NO2. The zero-order chi connectivity index (χ0) is 15.1. The Morgan fingerprint density at radius 1 is 1.50 bits per heavy atom. The summed E-state index contributed by atoms with van der Waals surface area (Å²) in [5, 5.41) is 9.27. The highest BCUT2D eigenvalue weighted by Crippen LogP contribution is 2.55. The maximum Gasteiger partial charge on any atom is 0.416 e. The summed E-state index contributed by atoms with van der Waals surface area (Å²) in [6, 6.07) is 4.83. The molecular weight excluding hydrogens is 271 g/mol. The molecule has 1 saturated carbocycles. The average Bonchev–Trinajstić information content (AvgIpc) is 3.08. The summed E-state index contributed by atoms with van der Waals surface area (Å²) in [4.78, 5) is 11.7. The molecule has 106 valence electrons. The fraction of sp³-hybridized carbons (Fsp3) is 0.429. The standard InChI is InChI=1S/C14H12F3NO2/c1-8-6-13(8,7-18)11-5-9(14(15,16)17)3-4-10(11)12(19)20-2/h3-5,8H,6H2,1-2H3. The third-order valence-corrected chi connectivity index (χ3v) is 3.74. The van der Waals surface area contributed by atoms with Crippen molar-refractivity contribution in [1.82, 2.24) is 0 Å². The molecule has 0 aromatic heterocycles. The number of rotatable bonds is 2. The van der Waals surface area contributed by atoms with Crippen molar-refractivity contribution in [3.63, 3.8) is 0 Å². The van der Waals surface area contributed by atoms with Gasteiger partial charge >= 0.3 is 12.1 Å². The largest absolute Gasteiger partial charge is 0.465 e. The van der Waals surface area contributed by atoms with Crippen molar-refractivity contribution in [1.29, 1.82) is 5.26 Å². The molecule has 6 heteroatoms. The van der Waals surface area contributed by atoms with Gasteiger partial charge in [0.2, 0.25) is 0 Å². The van der Waals surface area contributed by atoms with Crippen molar-refractivity contribution in [3.8, 4) is 6.07 Å². The molecule has 0 N–H and O–H groups in total. The average molecular weight is 283 g/mol. The molecule has 0 spiro atoms. The number of esters is 1. The zero-order valence-electron chi connectivity index (χ0n) is 10.9. The first-order valence-electron chi connectivity index (χ1n) is 5.97. The lowest BCUT2D eigenvalue weighted by Gasteiger charge is -2.16. The highest BCUT2D eigenvalue weighted by atomic mass is 19.4. The number of carbonyl (C=O) groups excluding carboxylic acids is 1. The van der Waals surface area contributed by atoms with Gasteiger partial charge in [-0.3, -0.25) is 0 Å². The van der Waals surface area contributed by atoms with Crippen molar-refractivity contribution < 1.29 is 22.7 Å². The van der Waals surface area contributed by atoms with Gasteiger partial charge < -0.3 is 4.74 Å². The number of halogens is 3. The second-order valence-electron chi connectivity index (χ2n) is 4.94. The van der Waals surface area contributed by atoms with Gasteiger partial charge in [-0.05, 0) is 36.1 Å². The van der Waals surface area contributed by atoms with Crippen molar-refractivity contribution in [2.45, 2.75) is 24.9 Å². The maximum atomic E-state index is 12.8. The normalized spacial score (nSPS) is 24.9. The minimum Gasteiger partial charge on any atom is -0.465 e. The number of alkyl halides is 3. The van der Waals surface area contributed by atoms with Crippen molar-refractivity contribution in [2.24, 2.45) is 5.92 Å². The second kappa shape index (κ2) is 4.51. The van der Waals surface area contributed by atoms with Crippen LogP contribution in [0.4, 0.5) is 13.2 Å². The predicted octanol–water partition coefficient (Wildman–Crippen LogP) is 3.29. The van der Waals surface area contributed by atoms with Crippen LogP contribution >= 0.6 is 0 Å². The molecule has 2 rings (SSSR count). The van der Waals surface area contributed by atoms with Crippen LogP contribution in [0.25, 0.3) is 0 Å². The van der Waals surface area contributed by atoms with E-state index in [1.807, 2.05) is 6.07 Å². The van der Waals surface area contributed by atoms with Gasteiger partial charge in [0.15, 0.2) is 0 Å². The van der Waals surface area contributed by atoms with Crippen LogP contribution in [0.3, 0.4) is 0 Å². The first-order chi connectivity index (χ1) is 9.26. The van der Waals surface area contributed by atoms with Crippen molar-refractivity contribution in [3.05, 3.63) is 34.9 Å². The summed E-state index contributed by atoms with van der Waals surface area (Å²) < 4.78 is 43.0. The molecule has 1 aromatic rings. The van der Waals surface area contributed by atoms with Gasteiger partial charge in [0.1, 0.15) is 0 Å². The number of nitrogens with zero attached hydrogens (tertiary/aromatic N) is 1. The molecule has 0 aliphatic heterocycles. The highest BCUT2D eigenvalue weighted by molar-refractivity contribution is 5.92. The fourth-order valence-electron chi connectivity index (χ4n) is 2.39. The van der Waals surface area contributed by atoms with E-state index in [0.29, 0.717) is 6.42 Å². The molecule has 0 bridgehead atoms. The van der Waals surface area contributed by atoms with E-state index in [2.05, 4.69) is 4.74 Å². The number of nitriles is 1. The Morgan fingerprint density at radius 2 is 2.10 bits per heavy atom. The fourth-order valence-corrected chi connectivity index (χ4v) is 2.39. The van der Waals surface area contributed by atoms with Crippen LogP contribution in [0, 0.1) is 17.2 Å². The number of hydrogen-bond acceptors (Lipinski definition) is 3. The van der Waals surface area contributed by atoms with Gasteiger partial charge in [0, 0.05) is 0 Å². The molecule has 0 heterocycles. The van der Waals surface area contributed by atoms with Crippen LogP contribution in [-0.2, 0) is 16.3 Å². The van der Waals surface area contributed by atoms with E-state index in [4.69, 9.17) is 0 Å². The lowest BCUT2D eigenvalue weighted by Crippen LogP contribution is -2.17. The van der Waals surface area contributed by atoms with E-state index in [9.17, 15) is 23.2 Å². The van der Waals surface area contributed by atoms with Crippen LogP contribution < -0.4 is 0 Å². The molecule has 0 saturated heterocycles. The van der Waals surface area contributed by atoms with Gasteiger partial charge in [-0.2, -0.15) is 18.4 Å². The molecule has 20 heavy (non-hydrogen) atoms. The van der Waals surface area contributed by atoms with Crippen LogP contribution in [0.1, 0.15) is 34.8 Å². The van der Waals surface area contributed by atoms with Crippen molar-refractivity contribution in [2.75, 3.05) is 7.11 Å². The molecule has 1 fully saturated rings. The zero-order valence-corrected chi connectivity index (χ0v) is 10.9. The summed E-state index contributed by atoms with van der Waals surface area (Å²) in [5.41, 5.74) is -1.76. The first-order valence-corrected chi connectivity index (χ1v) is 5.97. The maximum absolute atomic E-state index is 12.8. The smallest absolute Gasteiger partial charge is 0.416 e. The lowest BCUT2D eigenvalue weighted by atomic mass is 9.89. The van der Waals surface area contributed by atoms with Gasteiger partial charge in [-0.15, -0.1) is 0 Å². The van der Waals surface area contributed by atoms with Crippen LogP contribution in [-0.4, -0.2) is 13.1 Å². The summed E-state index contributed by atoms with van der Waals surface area (Å²) in [6.07, 6.45) is -4.08. The molecule has 1 aromatic carbocycles. The van der Waals surface area contributed by atoms with Crippen molar-refractivity contribution >= 4 is 5.97 Å². The predicted molar refractivity (Wildman–Crippen MR) is 63.9 cm³/mol. The Balaban J connectivity index is 2.62. The van der Waals surface area contributed by atoms with Gasteiger partial charge in [-0.25, -0.2) is 4.79 Å². The second-order valence-corrected chi connectivity index (χ2v) is 4.94. The molecule has 1 aliphatic rings. The molecule has 2 atom stereocenters. The number of ether oxygens (including phenoxy) is 1. The third-order valence-electron chi connectivity index (χ3n) is 3.74. The Morgan fingerprint density at radius 3 is 2.50 bits per heavy atom. The monoisotopic (exact) mass is 283 g/mol. The number of hydrogen-bond donors (Lipinski definition) is 0. The third kappa shape index (κ3) is 2.13.